The van der Waals surface area contributed by atoms with Gasteiger partial charge in [-0.25, -0.2) is 0 Å². The SMILES string of the molecule is CCC1(C)CC(NC(=O)c2ccccc2)C(C)C(C)(CC)N1CCO. The summed E-state index contributed by atoms with van der Waals surface area (Å²) in [7, 11) is 0. The number of piperidine rings is 1. The molecule has 0 spiro atoms. The summed E-state index contributed by atoms with van der Waals surface area (Å²) in [4.78, 5) is 15.2. The lowest BCUT2D eigenvalue weighted by Crippen LogP contribution is -2.70. The van der Waals surface area contributed by atoms with Crippen LogP contribution in [0.2, 0.25) is 0 Å². The lowest BCUT2D eigenvalue weighted by Gasteiger charge is -2.61. The summed E-state index contributed by atoms with van der Waals surface area (Å²) in [6.45, 7) is 12.0. The highest BCUT2D eigenvalue weighted by molar-refractivity contribution is 5.94. The Kier molecular flexibility index (Phi) is 6.28. The quantitative estimate of drug-likeness (QED) is 0.829. The second-order valence-corrected chi connectivity index (χ2v) is 7.88. The van der Waals surface area contributed by atoms with Gasteiger partial charge in [0.1, 0.15) is 0 Å². The van der Waals surface area contributed by atoms with Gasteiger partial charge in [0.25, 0.3) is 5.91 Å². The van der Waals surface area contributed by atoms with E-state index in [0.29, 0.717) is 18.0 Å². The first-order valence-electron chi connectivity index (χ1n) is 9.57. The number of β-amino-alcohol motifs (C(OH)–C–C–N with tert-alkyl or cyclic N) is 1. The first-order chi connectivity index (χ1) is 11.8. The molecular weight excluding hydrogens is 312 g/mol. The fraction of sp³-hybridized carbons (Fsp3) is 0.667. The molecule has 1 aliphatic rings. The second-order valence-electron chi connectivity index (χ2n) is 7.88. The summed E-state index contributed by atoms with van der Waals surface area (Å²) in [6, 6.07) is 9.56. The molecule has 1 aromatic carbocycles. The van der Waals surface area contributed by atoms with Gasteiger partial charge in [-0.15, -0.1) is 0 Å². The maximum Gasteiger partial charge on any atom is 0.251 e. The van der Waals surface area contributed by atoms with Crippen molar-refractivity contribution >= 4 is 5.91 Å². The highest BCUT2D eigenvalue weighted by Crippen LogP contribution is 2.45. The van der Waals surface area contributed by atoms with E-state index in [2.05, 4.69) is 44.8 Å². The number of aliphatic hydroxyl groups excluding tert-OH is 1. The van der Waals surface area contributed by atoms with Gasteiger partial charge in [-0.3, -0.25) is 9.69 Å². The fourth-order valence-corrected chi connectivity index (χ4v) is 4.55. The number of carbonyl (C=O) groups is 1. The average Bonchev–Trinajstić information content (AvgIpc) is 2.64. The number of nitrogens with zero attached hydrogens (tertiary/aromatic N) is 1. The molecule has 1 aromatic rings. The second kappa shape index (κ2) is 7.88. The maximum absolute atomic E-state index is 12.7. The summed E-state index contributed by atoms with van der Waals surface area (Å²) in [6.07, 6.45) is 2.88. The van der Waals surface area contributed by atoms with Crippen LogP contribution >= 0.6 is 0 Å². The zero-order valence-corrected chi connectivity index (χ0v) is 16.4. The number of carbonyl (C=O) groups excluding carboxylic acids is 1. The normalized spacial score (nSPS) is 33.2. The topological polar surface area (TPSA) is 52.6 Å². The van der Waals surface area contributed by atoms with Crippen LogP contribution in [0.3, 0.4) is 0 Å². The fourth-order valence-electron chi connectivity index (χ4n) is 4.55. The number of nitrogens with one attached hydrogen (secondary N) is 1. The first-order valence-corrected chi connectivity index (χ1v) is 9.57. The molecule has 1 amide bonds. The van der Waals surface area contributed by atoms with E-state index in [1.807, 2.05) is 30.3 Å². The molecule has 0 saturated carbocycles. The zero-order chi connectivity index (χ0) is 18.7. The van der Waals surface area contributed by atoms with Crippen molar-refractivity contribution in [2.24, 2.45) is 5.92 Å². The van der Waals surface area contributed by atoms with E-state index >= 15 is 0 Å². The van der Waals surface area contributed by atoms with Gasteiger partial charge in [0.15, 0.2) is 0 Å². The van der Waals surface area contributed by atoms with Gasteiger partial charge >= 0.3 is 0 Å². The lowest BCUT2D eigenvalue weighted by molar-refractivity contribution is -0.101. The van der Waals surface area contributed by atoms with Crippen molar-refractivity contribution in [3.63, 3.8) is 0 Å². The molecule has 2 rings (SSSR count). The van der Waals surface area contributed by atoms with Crippen molar-refractivity contribution in [2.75, 3.05) is 13.2 Å². The van der Waals surface area contributed by atoms with Gasteiger partial charge in [-0.05, 0) is 51.2 Å². The third-order valence-electron chi connectivity index (χ3n) is 6.67. The van der Waals surface area contributed by atoms with Crippen LogP contribution < -0.4 is 5.32 Å². The van der Waals surface area contributed by atoms with Crippen molar-refractivity contribution in [3.8, 4) is 0 Å². The smallest absolute Gasteiger partial charge is 0.251 e. The Hall–Kier alpha value is -1.39. The van der Waals surface area contributed by atoms with E-state index < -0.39 is 0 Å². The highest BCUT2D eigenvalue weighted by Gasteiger charge is 2.52. The monoisotopic (exact) mass is 346 g/mol. The van der Waals surface area contributed by atoms with Crippen LogP contribution in [0.1, 0.15) is 64.2 Å². The van der Waals surface area contributed by atoms with E-state index in [1.54, 1.807) is 0 Å². The molecule has 0 bridgehead atoms. The maximum atomic E-state index is 12.7. The van der Waals surface area contributed by atoms with Crippen LogP contribution in [0.4, 0.5) is 0 Å². The number of amides is 1. The summed E-state index contributed by atoms with van der Waals surface area (Å²) >= 11 is 0. The van der Waals surface area contributed by atoms with Crippen molar-refractivity contribution in [3.05, 3.63) is 35.9 Å². The molecule has 0 aliphatic carbocycles. The summed E-state index contributed by atoms with van der Waals surface area (Å²) in [5.41, 5.74) is 0.624. The van der Waals surface area contributed by atoms with Gasteiger partial charge < -0.3 is 10.4 Å². The Morgan fingerprint density at radius 1 is 1.24 bits per heavy atom. The van der Waals surface area contributed by atoms with Crippen LogP contribution in [0.15, 0.2) is 30.3 Å². The van der Waals surface area contributed by atoms with Crippen LogP contribution in [-0.4, -0.2) is 46.2 Å². The van der Waals surface area contributed by atoms with Crippen molar-refractivity contribution in [2.45, 2.75) is 71.0 Å². The third kappa shape index (κ3) is 3.75. The van der Waals surface area contributed by atoms with Crippen LogP contribution in [0.25, 0.3) is 0 Å². The molecule has 2 N–H and O–H groups in total. The summed E-state index contributed by atoms with van der Waals surface area (Å²) in [5.74, 6) is 0.307. The zero-order valence-electron chi connectivity index (χ0n) is 16.4. The van der Waals surface area contributed by atoms with Crippen LogP contribution in [0.5, 0.6) is 0 Å². The standard InChI is InChI=1S/C21H34N2O2/c1-6-20(4)15-18(22-19(25)17-11-9-8-10-12-17)16(3)21(5,7-2)23(20)13-14-24/h8-12,16,18,24H,6-7,13-15H2,1-5H3,(H,22,25). The van der Waals surface area contributed by atoms with E-state index in [-0.39, 0.29) is 29.6 Å². The highest BCUT2D eigenvalue weighted by atomic mass is 16.3. The molecule has 1 heterocycles. The van der Waals surface area contributed by atoms with E-state index in [0.717, 1.165) is 19.3 Å². The van der Waals surface area contributed by atoms with E-state index in [4.69, 9.17) is 0 Å². The molecule has 0 aromatic heterocycles. The Morgan fingerprint density at radius 3 is 2.40 bits per heavy atom. The summed E-state index contributed by atoms with van der Waals surface area (Å²) < 4.78 is 0. The Bertz CT molecular complexity index is 577. The van der Waals surface area contributed by atoms with Gasteiger partial charge in [-0.2, -0.15) is 0 Å². The number of rotatable bonds is 6. The molecule has 4 unspecified atom stereocenters. The molecule has 140 valence electrons. The Balaban J connectivity index is 2.29. The predicted octanol–water partition coefficient (Wildman–Crippen LogP) is 3.46. The molecular formula is C21H34N2O2. The Labute approximate surface area is 152 Å². The van der Waals surface area contributed by atoms with E-state index in [9.17, 15) is 9.90 Å². The van der Waals surface area contributed by atoms with Gasteiger partial charge in [0.2, 0.25) is 0 Å². The minimum atomic E-state index is -0.0552. The molecule has 4 nitrogen and oxygen atoms in total. The van der Waals surface area contributed by atoms with Gasteiger partial charge in [0.05, 0.1) is 6.61 Å². The number of aliphatic hydroxyl groups is 1. The average molecular weight is 347 g/mol. The van der Waals surface area contributed by atoms with E-state index in [1.165, 1.54) is 0 Å². The van der Waals surface area contributed by atoms with Gasteiger partial charge in [-0.1, -0.05) is 39.0 Å². The molecule has 1 aliphatic heterocycles. The molecule has 25 heavy (non-hydrogen) atoms. The van der Waals surface area contributed by atoms with Crippen LogP contribution in [-0.2, 0) is 0 Å². The Morgan fingerprint density at radius 2 is 1.88 bits per heavy atom. The minimum absolute atomic E-state index is 0.00460. The predicted molar refractivity (Wildman–Crippen MR) is 103 cm³/mol. The summed E-state index contributed by atoms with van der Waals surface area (Å²) in [5, 5.41) is 12.9. The van der Waals surface area contributed by atoms with Gasteiger partial charge in [0, 0.05) is 29.2 Å². The molecule has 1 saturated heterocycles. The minimum Gasteiger partial charge on any atom is -0.395 e. The number of benzene rings is 1. The number of likely N-dealkylation sites (tertiary alicyclic amines) is 1. The first kappa shape index (κ1) is 19.9. The third-order valence-corrected chi connectivity index (χ3v) is 6.67. The number of hydrogen-bond donors (Lipinski definition) is 2. The molecule has 4 heteroatoms. The van der Waals surface area contributed by atoms with Crippen molar-refractivity contribution in [1.82, 2.24) is 10.2 Å². The van der Waals surface area contributed by atoms with Crippen LogP contribution in [0, 0.1) is 5.92 Å². The molecule has 1 fully saturated rings. The lowest BCUT2D eigenvalue weighted by atomic mass is 9.67. The van der Waals surface area contributed by atoms with Crippen molar-refractivity contribution in [1.29, 1.82) is 0 Å². The molecule has 4 atom stereocenters. The number of hydrogen-bond acceptors (Lipinski definition) is 3. The molecule has 0 radical (unpaired) electrons. The largest absolute Gasteiger partial charge is 0.395 e. The van der Waals surface area contributed by atoms with Crippen molar-refractivity contribution < 1.29 is 9.90 Å².